The Morgan fingerprint density at radius 1 is 1.32 bits per heavy atom. The van der Waals surface area contributed by atoms with E-state index < -0.39 is 46.3 Å². The number of nitrogens with one attached hydrogen (secondary N) is 2. The third-order valence-corrected chi connectivity index (χ3v) is 5.17. The van der Waals surface area contributed by atoms with Crippen molar-refractivity contribution in [2.24, 2.45) is 11.8 Å². The quantitative estimate of drug-likeness (QED) is 0.141. The molecule has 1 amide bonds. The molecule has 2 heterocycles. The van der Waals surface area contributed by atoms with E-state index in [1.165, 1.54) is 42.3 Å². The molecule has 1 aromatic heterocycles. The number of non-ortho nitro benzene ring substituents is 1. The number of carbonyl (C=O) groups is 3. The maximum atomic E-state index is 12.6. The number of nitro groups is 1. The highest BCUT2D eigenvalue weighted by molar-refractivity contribution is 6.63. The molecule has 1 saturated heterocycles. The maximum Gasteiger partial charge on any atom is 0.360 e. The summed E-state index contributed by atoms with van der Waals surface area (Å²) in [4.78, 5) is 48.1. The van der Waals surface area contributed by atoms with Gasteiger partial charge in [-0.15, -0.1) is 10.2 Å². The Labute approximate surface area is 175 Å². The first-order valence-corrected chi connectivity index (χ1v) is 9.26. The molecule has 162 valence electrons. The van der Waals surface area contributed by atoms with Crippen LogP contribution in [0.2, 0.25) is 0 Å². The van der Waals surface area contributed by atoms with Crippen molar-refractivity contribution < 1.29 is 24.0 Å². The van der Waals surface area contributed by atoms with Crippen LogP contribution >= 0.6 is 0 Å². The summed E-state index contributed by atoms with van der Waals surface area (Å²) in [5, 5.41) is 32.4. The van der Waals surface area contributed by atoms with Gasteiger partial charge in [-0.2, -0.15) is 4.80 Å². The number of amides is 1. The molecular weight excluding hydrogens is 410 g/mol. The Morgan fingerprint density at radius 2 is 2.00 bits per heavy atom. The Balaban J connectivity index is 1.58. The zero-order valence-corrected chi connectivity index (χ0v) is 16.6. The summed E-state index contributed by atoms with van der Waals surface area (Å²) in [5.41, 5.74) is -0.493. The molecule has 3 rings (SSSR count). The highest BCUT2D eigenvalue weighted by atomic mass is 16.6. The summed E-state index contributed by atoms with van der Waals surface area (Å²) >= 11 is 0. The van der Waals surface area contributed by atoms with Crippen LogP contribution in [0.15, 0.2) is 30.6 Å². The zero-order chi connectivity index (χ0) is 22.7. The lowest BCUT2D eigenvalue weighted by Gasteiger charge is -2.42. The molecule has 0 aliphatic carbocycles. The van der Waals surface area contributed by atoms with E-state index in [0.29, 0.717) is 5.56 Å². The molecule has 0 radical (unpaired) electrons. The number of hydrogen-bond donors (Lipinski definition) is 2. The normalized spacial score (nSPS) is 19.5. The molecule has 4 atom stereocenters. The number of aromatic nitrogens is 4. The van der Waals surface area contributed by atoms with E-state index in [4.69, 9.17) is 10.1 Å². The standard InChI is InChI=1S/C18H19N7O6/c1-9(15-13(17(27)22-15)10(2)24-21-8-20-23-24)16(26)14(19)18(28)31-7-11-3-5-12(6-4-11)25(29)30/h3-6,8-10,13,15,19H,7H2,1-2H3,(H,22,27)/t9-,10-,13-,15-/m1/s1. The molecular formula is C18H19N7O6. The van der Waals surface area contributed by atoms with Crippen molar-refractivity contribution in [2.75, 3.05) is 0 Å². The zero-order valence-electron chi connectivity index (χ0n) is 16.6. The third kappa shape index (κ3) is 4.44. The number of nitrogens with zero attached hydrogens (tertiary/aromatic N) is 5. The van der Waals surface area contributed by atoms with Gasteiger partial charge in [0.25, 0.3) is 5.69 Å². The van der Waals surface area contributed by atoms with E-state index in [2.05, 4.69) is 20.7 Å². The highest BCUT2D eigenvalue weighted by Gasteiger charge is 2.49. The largest absolute Gasteiger partial charge is 0.456 e. The Kier molecular flexibility index (Phi) is 6.13. The van der Waals surface area contributed by atoms with Crippen LogP contribution in [-0.2, 0) is 25.7 Å². The van der Waals surface area contributed by atoms with Gasteiger partial charge >= 0.3 is 5.97 Å². The van der Waals surface area contributed by atoms with Gasteiger partial charge in [0.05, 0.1) is 22.9 Å². The predicted molar refractivity (Wildman–Crippen MR) is 103 cm³/mol. The van der Waals surface area contributed by atoms with Crippen molar-refractivity contribution in [1.82, 2.24) is 25.5 Å². The van der Waals surface area contributed by atoms with Crippen molar-refractivity contribution >= 4 is 29.1 Å². The minimum absolute atomic E-state index is 0.112. The maximum absolute atomic E-state index is 12.6. The van der Waals surface area contributed by atoms with E-state index in [-0.39, 0.29) is 18.2 Å². The molecule has 0 bridgehead atoms. The van der Waals surface area contributed by atoms with Gasteiger partial charge < -0.3 is 10.1 Å². The average Bonchev–Trinajstić information content (AvgIpc) is 3.29. The fraction of sp³-hybridized carbons (Fsp3) is 0.389. The summed E-state index contributed by atoms with van der Waals surface area (Å²) in [6.45, 7) is 2.97. The van der Waals surface area contributed by atoms with Gasteiger partial charge in [0.1, 0.15) is 6.61 Å². The number of carbonyl (C=O) groups excluding carboxylic acids is 3. The number of esters is 1. The molecule has 1 aliphatic rings. The Bertz CT molecular complexity index is 1020. The fourth-order valence-electron chi connectivity index (χ4n) is 3.30. The van der Waals surface area contributed by atoms with Crippen molar-refractivity contribution in [3.63, 3.8) is 0 Å². The van der Waals surface area contributed by atoms with E-state index in [0.717, 1.165) is 0 Å². The minimum Gasteiger partial charge on any atom is -0.456 e. The van der Waals surface area contributed by atoms with Crippen molar-refractivity contribution in [2.45, 2.75) is 32.5 Å². The molecule has 1 aromatic carbocycles. The minimum atomic E-state index is -1.12. The Morgan fingerprint density at radius 3 is 2.55 bits per heavy atom. The van der Waals surface area contributed by atoms with E-state index >= 15 is 0 Å². The Hall–Kier alpha value is -4.03. The number of ether oxygens (including phenoxy) is 1. The molecule has 2 N–H and O–H groups in total. The molecule has 13 nitrogen and oxygen atoms in total. The van der Waals surface area contributed by atoms with Crippen LogP contribution in [0.1, 0.15) is 25.5 Å². The first-order chi connectivity index (χ1) is 14.7. The van der Waals surface area contributed by atoms with Gasteiger partial charge in [0, 0.05) is 18.1 Å². The molecule has 0 unspecified atom stereocenters. The lowest BCUT2D eigenvalue weighted by atomic mass is 9.76. The van der Waals surface area contributed by atoms with E-state index in [1.54, 1.807) is 6.92 Å². The number of nitro benzene ring substituents is 1. The number of hydrogen-bond acceptors (Lipinski definition) is 10. The number of rotatable bonds is 9. The lowest BCUT2D eigenvalue weighted by molar-refractivity contribution is -0.384. The summed E-state index contributed by atoms with van der Waals surface area (Å²) in [7, 11) is 0. The average molecular weight is 429 g/mol. The van der Waals surface area contributed by atoms with Crippen LogP contribution in [0.25, 0.3) is 0 Å². The molecule has 13 heteroatoms. The molecule has 1 fully saturated rings. The SMILES string of the molecule is C[C@H]([C@H]1C(=O)N[C@@H]1[C@@H](C)C(=O)C(=N)C(=O)OCc1ccc([N+](=O)[O-])cc1)n1ncnn1. The van der Waals surface area contributed by atoms with Gasteiger partial charge in [-0.05, 0) is 29.8 Å². The number of β-lactam (4-membered cyclic amide) rings is 1. The monoisotopic (exact) mass is 429 g/mol. The summed E-state index contributed by atoms with van der Waals surface area (Å²) in [6, 6.07) is 4.25. The highest BCUT2D eigenvalue weighted by Crippen LogP contribution is 2.31. The smallest absolute Gasteiger partial charge is 0.360 e. The molecule has 0 spiro atoms. The van der Waals surface area contributed by atoms with Gasteiger partial charge in [-0.3, -0.25) is 25.1 Å². The molecule has 31 heavy (non-hydrogen) atoms. The summed E-state index contributed by atoms with van der Waals surface area (Å²) < 4.78 is 4.97. The first-order valence-electron chi connectivity index (χ1n) is 9.26. The van der Waals surface area contributed by atoms with Gasteiger partial charge in [-0.25, -0.2) is 4.79 Å². The topological polar surface area (TPSA) is 183 Å². The lowest BCUT2D eigenvalue weighted by Crippen LogP contribution is -2.65. The van der Waals surface area contributed by atoms with Crippen LogP contribution in [0.5, 0.6) is 0 Å². The van der Waals surface area contributed by atoms with Gasteiger partial charge in [0.15, 0.2) is 17.8 Å². The number of tetrazole rings is 1. The van der Waals surface area contributed by atoms with Crippen LogP contribution in [0, 0.1) is 27.4 Å². The van der Waals surface area contributed by atoms with Crippen molar-refractivity contribution in [1.29, 1.82) is 5.41 Å². The van der Waals surface area contributed by atoms with Crippen molar-refractivity contribution in [3.05, 3.63) is 46.3 Å². The second-order valence-corrected chi connectivity index (χ2v) is 7.08. The summed E-state index contributed by atoms with van der Waals surface area (Å²) in [5.74, 6) is -3.67. The van der Waals surface area contributed by atoms with Crippen molar-refractivity contribution in [3.8, 4) is 0 Å². The van der Waals surface area contributed by atoms with Crippen LogP contribution in [0.3, 0.4) is 0 Å². The van der Waals surface area contributed by atoms with Crippen LogP contribution in [0.4, 0.5) is 5.69 Å². The molecule has 2 aromatic rings. The molecule has 0 saturated carbocycles. The van der Waals surface area contributed by atoms with Crippen LogP contribution in [-0.4, -0.2) is 54.5 Å². The van der Waals surface area contributed by atoms with Gasteiger partial charge in [-0.1, -0.05) is 6.92 Å². The second-order valence-electron chi connectivity index (χ2n) is 7.08. The summed E-state index contributed by atoms with van der Waals surface area (Å²) in [6.07, 6.45) is 1.23. The van der Waals surface area contributed by atoms with Crippen LogP contribution < -0.4 is 5.32 Å². The first kappa shape index (κ1) is 21.7. The third-order valence-electron chi connectivity index (χ3n) is 5.17. The number of ketones is 1. The second kappa shape index (κ2) is 8.77. The number of benzene rings is 1. The predicted octanol–water partition coefficient (Wildman–Crippen LogP) is 0.225. The fourth-order valence-corrected chi connectivity index (χ4v) is 3.30. The molecule has 1 aliphatic heterocycles. The van der Waals surface area contributed by atoms with Gasteiger partial charge in [0.2, 0.25) is 5.91 Å². The number of Topliss-reactive ketones (excluding diaryl/α,β-unsaturated/α-hetero) is 1. The van der Waals surface area contributed by atoms with E-state index in [1.807, 2.05) is 0 Å². The van der Waals surface area contributed by atoms with E-state index in [9.17, 15) is 24.5 Å².